The number of ether oxygens (including phenoxy) is 1. The average Bonchev–Trinajstić information content (AvgIpc) is 2.81. The molecular weight excluding hydrogens is 465 g/mol. The molecule has 0 fully saturated rings. The lowest BCUT2D eigenvalue weighted by Gasteiger charge is -2.14. The van der Waals surface area contributed by atoms with Gasteiger partial charge in [0.1, 0.15) is 11.6 Å². The van der Waals surface area contributed by atoms with E-state index in [0.29, 0.717) is 34.1 Å². The van der Waals surface area contributed by atoms with Gasteiger partial charge in [-0.25, -0.2) is 9.37 Å². The molecule has 0 bridgehead atoms. The first-order valence-electron chi connectivity index (χ1n) is 10.1. The third-order valence-corrected chi connectivity index (χ3v) is 5.86. The lowest BCUT2D eigenvalue weighted by atomic mass is 10.2. The van der Waals surface area contributed by atoms with Crippen LogP contribution in [0.1, 0.15) is 6.92 Å². The summed E-state index contributed by atoms with van der Waals surface area (Å²) >= 11 is 6.84. The summed E-state index contributed by atoms with van der Waals surface area (Å²) in [4.78, 5) is 30.4. The fourth-order valence-electron chi connectivity index (χ4n) is 3.20. The van der Waals surface area contributed by atoms with Crippen LogP contribution in [0.4, 0.5) is 10.1 Å². The molecule has 33 heavy (non-hydrogen) atoms. The Morgan fingerprint density at radius 2 is 1.91 bits per heavy atom. The van der Waals surface area contributed by atoms with Gasteiger partial charge in [0.15, 0.2) is 5.16 Å². The first-order chi connectivity index (χ1) is 16.0. The third-order valence-electron chi connectivity index (χ3n) is 4.69. The monoisotopic (exact) mass is 483 g/mol. The van der Waals surface area contributed by atoms with E-state index in [2.05, 4.69) is 10.3 Å². The summed E-state index contributed by atoms with van der Waals surface area (Å²) in [6.45, 7) is 2.42. The van der Waals surface area contributed by atoms with E-state index in [0.717, 1.165) is 17.8 Å². The van der Waals surface area contributed by atoms with Crippen molar-refractivity contribution >= 4 is 45.9 Å². The van der Waals surface area contributed by atoms with Gasteiger partial charge in [0.05, 0.1) is 34.6 Å². The number of para-hydroxylation sites is 1. The van der Waals surface area contributed by atoms with Crippen molar-refractivity contribution in [2.45, 2.75) is 12.1 Å². The number of carbonyl (C=O) groups excluding carboxylic acids is 1. The molecule has 3 aromatic carbocycles. The van der Waals surface area contributed by atoms with Crippen LogP contribution in [0.25, 0.3) is 16.6 Å². The Kier molecular flexibility index (Phi) is 6.96. The molecule has 0 radical (unpaired) electrons. The highest BCUT2D eigenvalue weighted by molar-refractivity contribution is 7.99. The largest absolute Gasteiger partial charge is 0.494 e. The van der Waals surface area contributed by atoms with Crippen molar-refractivity contribution in [3.63, 3.8) is 0 Å². The van der Waals surface area contributed by atoms with Gasteiger partial charge in [0, 0.05) is 5.02 Å². The van der Waals surface area contributed by atoms with Gasteiger partial charge < -0.3 is 10.1 Å². The molecular formula is C24H19ClFN3O3S. The van der Waals surface area contributed by atoms with Gasteiger partial charge in [0.25, 0.3) is 5.56 Å². The predicted molar refractivity (Wildman–Crippen MR) is 129 cm³/mol. The van der Waals surface area contributed by atoms with Gasteiger partial charge >= 0.3 is 0 Å². The molecule has 1 N–H and O–H groups in total. The number of halogens is 2. The van der Waals surface area contributed by atoms with Crippen molar-refractivity contribution in [2.75, 3.05) is 17.7 Å². The molecule has 0 saturated heterocycles. The van der Waals surface area contributed by atoms with Gasteiger partial charge in [-0.2, -0.15) is 0 Å². The van der Waals surface area contributed by atoms with Gasteiger partial charge in [-0.05, 0) is 61.5 Å². The Balaban J connectivity index is 1.65. The molecule has 1 amide bonds. The van der Waals surface area contributed by atoms with E-state index in [9.17, 15) is 14.0 Å². The third kappa shape index (κ3) is 5.18. The van der Waals surface area contributed by atoms with Gasteiger partial charge in [-0.3, -0.25) is 14.2 Å². The zero-order valence-corrected chi connectivity index (χ0v) is 19.1. The van der Waals surface area contributed by atoms with Crippen LogP contribution in [0.15, 0.2) is 76.7 Å². The van der Waals surface area contributed by atoms with Gasteiger partial charge in [-0.15, -0.1) is 0 Å². The van der Waals surface area contributed by atoms with Crippen molar-refractivity contribution in [1.29, 1.82) is 0 Å². The number of benzene rings is 3. The van der Waals surface area contributed by atoms with Crippen LogP contribution in [0, 0.1) is 5.82 Å². The molecule has 4 aromatic rings. The molecule has 0 unspecified atom stereocenters. The number of nitrogens with zero attached hydrogens (tertiary/aromatic N) is 2. The molecule has 168 valence electrons. The van der Waals surface area contributed by atoms with E-state index >= 15 is 0 Å². The normalized spacial score (nSPS) is 10.9. The molecule has 0 aliphatic rings. The SMILES string of the molecule is CCOc1ccc(-n2c(SCC(=O)Nc3ccc(Cl)cc3F)nc3ccccc3c2=O)cc1. The van der Waals surface area contributed by atoms with Crippen molar-refractivity contribution in [3.05, 3.63) is 87.9 Å². The Labute approximate surface area is 198 Å². The van der Waals surface area contributed by atoms with E-state index < -0.39 is 11.7 Å². The zero-order valence-electron chi connectivity index (χ0n) is 17.5. The molecule has 6 nitrogen and oxygen atoms in total. The predicted octanol–water partition coefficient (Wildman–Crippen LogP) is 5.31. The highest BCUT2D eigenvalue weighted by Gasteiger charge is 2.16. The van der Waals surface area contributed by atoms with Crippen LogP contribution in [-0.2, 0) is 4.79 Å². The van der Waals surface area contributed by atoms with E-state index in [1.807, 2.05) is 6.92 Å². The van der Waals surface area contributed by atoms with E-state index in [4.69, 9.17) is 16.3 Å². The molecule has 0 aliphatic heterocycles. The minimum absolute atomic E-state index is 0.0281. The van der Waals surface area contributed by atoms with Crippen LogP contribution >= 0.6 is 23.4 Å². The number of carbonyl (C=O) groups is 1. The number of thioether (sulfide) groups is 1. The Hall–Kier alpha value is -3.36. The average molecular weight is 484 g/mol. The molecule has 0 saturated carbocycles. The Morgan fingerprint density at radius 3 is 2.64 bits per heavy atom. The number of amides is 1. The van der Waals surface area contributed by atoms with E-state index in [1.54, 1.807) is 48.5 Å². The Morgan fingerprint density at radius 1 is 1.15 bits per heavy atom. The van der Waals surface area contributed by atoms with Crippen LogP contribution in [0.5, 0.6) is 5.75 Å². The maximum Gasteiger partial charge on any atom is 0.266 e. The van der Waals surface area contributed by atoms with Crippen LogP contribution in [0.3, 0.4) is 0 Å². The van der Waals surface area contributed by atoms with Crippen molar-refractivity contribution in [3.8, 4) is 11.4 Å². The summed E-state index contributed by atoms with van der Waals surface area (Å²) in [5.41, 5.74) is 0.890. The fourth-order valence-corrected chi connectivity index (χ4v) is 4.17. The first kappa shape index (κ1) is 22.8. The number of nitrogens with one attached hydrogen (secondary N) is 1. The number of aromatic nitrogens is 2. The molecule has 0 atom stereocenters. The summed E-state index contributed by atoms with van der Waals surface area (Å²) < 4.78 is 20.9. The topological polar surface area (TPSA) is 73.2 Å². The second-order valence-electron chi connectivity index (χ2n) is 6.94. The molecule has 0 aliphatic carbocycles. The van der Waals surface area contributed by atoms with Crippen molar-refractivity contribution < 1.29 is 13.9 Å². The molecule has 1 aromatic heterocycles. The highest BCUT2D eigenvalue weighted by Crippen LogP contribution is 2.24. The maximum atomic E-state index is 14.0. The Bertz CT molecular complexity index is 1380. The molecule has 0 spiro atoms. The van der Waals surface area contributed by atoms with Gasteiger partial charge in [-0.1, -0.05) is 35.5 Å². The molecule has 9 heteroatoms. The van der Waals surface area contributed by atoms with Crippen LogP contribution in [0.2, 0.25) is 5.02 Å². The quantitative estimate of drug-likeness (QED) is 0.285. The molecule has 1 heterocycles. The van der Waals surface area contributed by atoms with Gasteiger partial charge in [0.2, 0.25) is 5.91 Å². The maximum absolute atomic E-state index is 14.0. The minimum atomic E-state index is -0.629. The number of anilines is 1. The lowest BCUT2D eigenvalue weighted by Crippen LogP contribution is -2.23. The van der Waals surface area contributed by atoms with Crippen molar-refractivity contribution in [2.24, 2.45) is 0 Å². The fraction of sp³-hybridized carbons (Fsp3) is 0.125. The van der Waals surface area contributed by atoms with Crippen LogP contribution < -0.4 is 15.6 Å². The number of hydrogen-bond donors (Lipinski definition) is 1. The lowest BCUT2D eigenvalue weighted by molar-refractivity contribution is -0.113. The minimum Gasteiger partial charge on any atom is -0.494 e. The standard InChI is InChI=1S/C24H19ClFN3O3S/c1-2-32-17-10-8-16(9-11-17)29-23(31)18-5-3-4-6-20(18)28-24(29)33-14-22(30)27-21-12-7-15(25)13-19(21)26/h3-13H,2,14H2,1H3,(H,27,30). The van der Waals surface area contributed by atoms with Crippen molar-refractivity contribution in [1.82, 2.24) is 9.55 Å². The van der Waals surface area contributed by atoms with E-state index in [-0.39, 0.29) is 22.0 Å². The first-order valence-corrected chi connectivity index (χ1v) is 11.5. The molecule has 4 rings (SSSR count). The zero-order chi connectivity index (χ0) is 23.4. The summed E-state index contributed by atoms with van der Waals surface area (Å²) in [6, 6.07) is 18.1. The van der Waals surface area contributed by atoms with Crippen LogP contribution in [-0.4, -0.2) is 27.8 Å². The summed E-state index contributed by atoms with van der Waals surface area (Å²) in [5.74, 6) is -0.469. The smallest absolute Gasteiger partial charge is 0.266 e. The summed E-state index contributed by atoms with van der Waals surface area (Å²) in [5, 5.41) is 3.55. The highest BCUT2D eigenvalue weighted by atomic mass is 35.5. The number of fused-ring (bicyclic) bond motifs is 1. The number of rotatable bonds is 7. The second-order valence-corrected chi connectivity index (χ2v) is 8.32. The summed E-state index contributed by atoms with van der Waals surface area (Å²) in [6.07, 6.45) is 0. The van der Waals surface area contributed by atoms with E-state index in [1.165, 1.54) is 16.7 Å². The summed E-state index contributed by atoms with van der Waals surface area (Å²) in [7, 11) is 0. The number of hydrogen-bond acceptors (Lipinski definition) is 5. The second kappa shape index (κ2) is 10.1.